The SMILES string of the molecule is Cc1cc(Br)cnc1N1CC(C)(C)OC(C)(C)C1. The molecule has 0 bridgehead atoms. The van der Waals surface area contributed by atoms with Gasteiger partial charge in [0.15, 0.2) is 0 Å². The number of ether oxygens (including phenoxy) is 1. The van der Waals surface area contributed by atoms with E-state index in [1.54, 1.807) is 0 Å². The average Bonchev–Trinajstić information content (AvgIpc) is 2.11. The van der Waals surface area contributed by atoms with Gasteiger partial charge in [0.1, 0.15) is 5.82 Å². The third kappa shape index (κ3) is 3.04. The van der Waals surface area contributed by atoms with Crippen LogP contribution in [-0.2, 0) is 4.74 Å². The highest BCUT2D eigenvalue weighted by molar-refractivity contribution is 9.10. The Balaban J connectivity index is 2.32. The van der Waals surface area contributed by atoms with Crippen molar-refractivity contribution in [1.29, 1.82) is 0 Å². The number of aryl methyl sites for hydroxylation is 1. The van der Waals surface area contributed by atoms with Crippen molar-refractivity contribution in [2.24, 2.45) is 0 Å². The standard InChI is InChI=1S/C14H21BrN2O/c1-10-6-11(15)7-16-12(10)17-8-13(2,3)18-14(4,5)9-17/h6-7H,8-9H2,1-5H3. The van der Waals surface area contributed by atoms with Gasteiger partial charge < -0.3 is 9.64 Å². The first kappa shape index (κ1) is 13.8. The second-order valence-electron chi connectivity index (χ2n) is 6.27. The largest absolute Gasteiger partial charge is 0.366 e. The molecule has 2 heterocycles. The van der Waals surface area contributed by atoms with Crippen LogP contribution in [0.4, 0.5) is 5.82 Å². The lowest BCUT2D eigenvalue weighted by atomic mass is 9.98. The summed E-state index contributed by atoms with van der Waals surface area (Å²) in [4.78, 5) is 6.88. The van der Waals surface area contributed by atoms with Crippen molar-refractivity contribution in [1.82, 2.24) is 4.98 Å². The molecule has 3 nitrogen and oxygen atoms in total. The minimum Gasteiger partial charge on any atom is -0.366 e. The van der Waals surface area contributed by atoms with Crippen LogP contribution in [0.15, 0.2) is 16.7 Å². The lowest BCUT2D eigenvalue weighted by Gasteiger charge is -2.47. The van der Waals surface area contributed by atoms with Crippen LogP contribution in [-0.4, -0.2) is 29.3 Å². The molecule has 0 atom stereocenters. The maximum absolute atomic E-state index is 6.10. The Kier molecular flexibility index (Phi) is 3.45. The first-order valence-electron chi connectivity index (χ1n) is 6.26. The topological polar surface area (TPSA) is 25.4 Å². The summed E-state index contributed by atoms with van der Waals surface area (Å²) in [5, 5.41) is 0. The number of aromatic nitrogens is 1. The van der Waals surface area contributed by atoms with Crippen molar-refractivity contribution in [2.75, 3.05) is 18.0 Å². The summed E-state index contributed by atoms with van der Waals surface area (Å²) >= 11 is 3.46. The molecule has 0 saturated carbocycles. The van der Waals surface area contributed by atoms with Gasteiger partial charge >= 0.3 is 0 Å². The summed E-state index contributed by atoms with van der Waals surface area (Å²) in [6.07, 6.45) is 1.86. The molecule has 0 N–H and O–H groups in total. The summed E-state index contributed by atoms with van der Waals surface area (Å²) in [6, 6.07) is 2.11. The van der Waals surface area contributed by atoms with E-state index in [1.807, 2.05) is 6.20 Å². The van der Waals surface area contributed by atoms with Gasteiger partial charge in [-0.15, -0.1) is 0 Å². The normalized spacial score (nSPS) is 22.0. The van der Waals surface area contributed by atoms with Crippen molar-refractivity contribution < 1.29 is 4.74 Å². The molecule has 1 fully saturated rings. The molecule has 0 aliphatic carbocycles. The number of anilines is 1. The molecule has 0 spiro atoms. The second-order valence-corrected chi connectivity index (χ2v) is 7.19. The average molecular weight is 313 g/mol. The van der Waals surface area contributed by atoms with Crippen LogP contribution in [0.2, 0.25) is 0 Å². The molecule has 0 unspecified atom stereocenters. The van der Waals surface area contributed by atoms with Crippen LogP contribution in [0.3, 0.4) is 0 Å². The Labute approximate surface area is 118 Å². The van der Waals surface area contributed by atoms with Crippen molar-refractivity contribution in [3.8, 4) is 0 Å². The molecule has 2 rings (SSSR count). The van der Waals surface area contributed by atoms with Crippen LogP contribution < -0.4 is 4.90 Å². The lowest BCUT2D eigenvalue weighted by molar-refractivity contribution is -0.133. The second kappa shape index (κ2) is 4.49. The minimum atomic E-state index is -0.150. The first-order chi connectivity index (χ1) is 8.19. The van der Waals surface area contributed by atoms with E-state index in [-0.39, 0.29) is 11.2 Å². The highest BCUT2D eigenvalue weighted by Gasteiger charge is 2.38. The molecule has 1 aliphatic heterocycles. The Bertz CT molecular complexity index is 441. The summed E-state index contributed by atoms with van der Waals surface area (Å²) in [6.45, 7) is 12.4. The van der Waals surface area contributed by atoms with Crippen LogP contribution in [0, 0.1) is 6.92 Å². The number of hydrogen-bond donors (Lipinski definition) is 0. The Hall–Kier alpha value is -0.610. The molecule has 1 aromatic rings. The van der Waals surface area contributed by atoms with Crippen molar-refractivity contribution in [3.05, 3.63) is 22.3 Å². The van der Waals surface area contributed by atoms with Gasteiger partial charge in [0.05, 0.1) is 11.2 Å². The smallest absolute Gasteiger partial charge is 0.131 e. The van der Waals surface area contributed by atoms with Crippen LogP contribution in [0.1, 0.15) is 33.3 Å². The quantitative estimate of drug-likeness (QED) is 0.793. The lowest BCUT2D eigenvalue weighted by Crippen LogP contribution is -2.57. The van der Waals surface area contributed by atoms with Crippen LogP contribution in [0.25, 0.3) is 0 Å². The molecule has 0 radical (unpaired) electrons. The highest BCUT2D eigenvalue weighted by atomic mass is 79.9. The molecule has 100 valence electrons. The van der Waals surface area contributed by atoms with E-state index in [0.29, 0.717) is 0 Å². The van der Waals surface area contributed by atoms with Gasteiger partial charge in [-0.25, -0.2) is 4.98 Å². The van der Waals surface area contributed by atoms with E-state index in [4.69, 9.17) is 4.74 Å². The van der Waals surface area contributed by atoms with Crippen molar-refractivity contribution in [2.45, 2.75) is 45.8 Å². The maximum atomic E-state index is 6.10. The van der Waals surface area contributed by atoms with E-state index in [2.05, 4.69) is 66.5 Å². The van der Waals surface area contributed by atoms with E-state index >= 15 is 0 Å². The third-order valence-corrected chi connectivity index (χ3v) is 3.45. The third-order valence-electron chi connectivity index (χ3n) is 3.01. The minimum absolute atomic E-state index is 0.150. The number of morpholine rings is 1. The number of pyridine rings is 1. The number of nitrogens with zero attached hydrogens (tertiary/aromatic N) is 2. The molecular formula is C14H21BrN2O. The number of halogens is 1. The van der Waals surface area contributed by atoms with Gasteiger partial charge in [0.25, 0.3) is 0 Å². The zero-order chi connectivity index (χ0) is 13.6. The molecule has 1 saturated heterocycles. The molecule has 1 aromatic heterocycles. The summed E-state index contributed by atoms with van der Waals surface area (Å²) < 4.78 is 7.12. The van der Waals surface area contributed by atoms with Gasteiger partial charge in [0.2, 0.25) is 0 Å². The van der Waals surface area contributed by atoms with Crippen LogP contribution in [0.5, 0.6) is 0 Å². The predicted molar refractivity (Wildman–Crippen MR) is 78.1 cm³/mol. The molecule has 18 heavy (non-hydrogen) atoms. The fraction of sp³-hybridized carbons (Fsp3) is 0.643. The van der Waals surface area contributed by atoms with E-state index in [1.165, 1.54) is 5.56 Å². The predicted octanol–water partition coefficient (Wildman–Crippen LogP) is 3.55. The van der Waals surface area contributed by atoms with Crippen LogP contribution >= 0.6 is 15.9 Å². The molecule has 1 aliphatic rings. The zero-order valence-electron chi connectivity index (χ0n) is 11.7. The Morgan fingerprint density at radius 3 is 2.28 bits per heavy atom. The first-order valence-corrected chi connectivity index (χ1v) is 7.05. The van der Waals surface area contributed by atoms with E-state index < -0.39 is 0 Å². The molecule has 0 amide bonds. The van der Waals surface area contributed by atoms with Gasteiger partial charge in [-0.05, 0) is 62.2 Å². The molecule has 0 aromatic carbocycles. The Morgan fingerprint density at radius 1 is 1.22 bits per heavy atom. The zero-order valence-corrected chi connectivity index (χ0v) is 13.3. The van der Waals surface area contributed by atoms with Gasteiger partial charge in [-0.2, -0.15) is 0 Å². The highest BCUT2D eigenvalue weighted by Crippen LogP contribution is 2.32. The van der Waals surface area contributed by atoms with Gasteiger partial charge in [-0.3, -0.25) is 0 Å². The molecule has 4 heteroatoms. The van der Waals surface area contributed by atoms with E-state index in [0.717, 1.165) is 23.4 Å². The van der Waals surface area contributed by atoms with E-state index in [9.17, 15) is 0 Å². The van der Waals surface area contributed by atoms with Crippen molar-refractivity contribution >= 4 is 21.7 Å². The number of hydrogen-bond acceptors (Lipinski definition) is 3. The molecular weight excluding hydrogens is 292 g/mol. The fourth-order valence-electron chi connectivity index (χ4n) is 2.80. The number of rotatable bonds is 1. The maximum Gasteiger partial charge on any atom is 0.131 e. The fourth-order valence-corrected chi connectivity index (χ4v) is 3.25. The van der Waals surface area contributed by atoms with Gasteiger partial charge in [-0.1, -0.05) is 0 Å². The summed E-state index contributed by atoms with van der Waals surface area (Å²) in [5.74, 6) is 1.06. The van der Waals surface area contributed by atoms with Crippen molar-refractivity contribution in [3.63, 3.8) is 0 Å². The van der Waals surface area contributed by atoms with Gasteiger partial charge in [0, 0.05) is 23.8 Å². The summed E-state index contributed by atoms with van der Waals surface area (Å²) in [7, 11) is 0. The summed E-state index contributed by atoms with van der Waals surface area (Å²) in [5.41, 5.74) is 0.893. The monoisotopic (exact) mass is 312 g/mol. The Morgan fingerprint density at radius 2 is 1.78 bits per heavy atom.